The van der Waals surface area contributed by atoms with E-state index < -0.39 is 16.9 Å². The first-order valence-corrected chi connectivity index (χ1v) is 10.7. The number of nitrogens with one attached hydrogen (secondary N) is 1. The van der Waals surface area contributed by atoms with Gasteiger partial charge in [-0.1, -0.05) is 23.5 Å². The molecule has 0 bridgehead atoms. The highest BCUT2D eigenvalue weighted by Gasteiger charge is 2.31. The number of benzene rings is 2. The number of hydrogen-bond donors (Lipinski definition) is 1. The number of para-hydroxylation sites is 1. The van der Waals surface area contributed by atoms with Crippen molar-refractivity contribution in [3.63, 3.8) is 0 Å². The van der Waals surface area contributed by atoms with Crippen LogP contribution in [0.3, 0.4) is 0 Å². The van der Waals surface area contributed by atoms with Gasteiger partial charge in [0, 0.05) is 11.6 Å². The molecule has 0 aliphatic carbocycles. The Balaban J connectivity index is 1.70. The third-order valence-electron chi connectivity index (χ3n) is 4.66. The maximum absolute atomic E-state index is 13.9. The van der Waals surface area contributed by atoms with E-state index in [-0.39, 0.29) is 11.7 Å². The Hall–Kier alpha value is -2.78. The van der Waals surface area contributed by atoms with Gasteiger partial charge in [-0.25, -0.2) is 13.8 Å². The van der Waals surface area contributed by atoms with Gasteiger partial charge in [0.2, 0.25) is 11.0 Å². The minimum Gasteiger partial charge on any atom is -0.310 e. The number of thiazole rings is 1. The van der Waals surface area contributed by atoms with Crippen molar-refractivity contribution < 1.29 is 13.6 Å². The molecular weight excluding hydrogens is 414 g/mol. The summed E-state index contributed by atoms with van der Waals surface area (Å²) in [6.07, 6.45) is 0. The second-order valence-electron chi connectivity index (χ2n) is 6.67. The van der Waals surface area contributed by atoms with Crippen molar-refractivity contribution in [1.82, 2.24) is 14.8 Å². The Morgan fingerprint density at radius 2 is 1.93 bits per heavy atom. The SMILES string of the molecule is Cc1nn(-c2nc3ccccc3s2)c2c1[C@@H](c1cc(F)cc(F)c1)SCC(=O)N2. The summed E-state index contributed by atoms with van der Waals surface area (Å²) in [5.41, 5.74) is 2.69. The summed E-state index contributed by atoms with van der Waals surface area (Å²) in [5.74, 6) is -0.843. The van der Waals surface area contributed by atoms with Crippen LogP contribution in [0.1, 0.15) is 22.1 Å². The maximum atomic E-state index is 13.9. The van der Waals surface area contributed by atoms with Crippen molar-refractivity contribution in [3.05, 3.63) is 70.9 Å². The monoisotopic (exact) mass is 428 g/mol. The molecule has 9 heteroatoms. The number of aryl methyl sites for hydroxylation is 1. The fourth-order valence-corrected chi connectivity index (χ4v) is 5.55. The highest BCUT2D eigenvalue weighted by atomic mass is 32.2. The minimum atomic E-state index is -0.651. The second-order valence-corrected chi connectivity index (χ2v) is 8.77. The molecule has 0 fully saturated rings. The molecule has 0 saturated heterocycles. The molecule has 2 aromatic carbocycles. The van der Waals surface area contributed by atoms with Gasteiger partial charge in [-0.3, -0.25) is 4.79 Å². The predicted octanol–water partition coefficient (Wildman–Crippen LogP) is 4.84. The summed E-state index contributed by atoms with van der Waals surface area (Å²) in [5, 5.41) is 7.69. The van der Waals surface area contributed by atoms with E-state index >= 15 is 0 Å². The molecule has 0 radical (unpaired) electrons. The molecule has 1 atom stereocenters. The summed E-state index contributed by atoms with van der Waals surface area (Å²) in [4.78, 5) is 17.0. The van der Waals surface area contributed by atoms with E-state index in [1.54, 1.807) is 4.68 Å². The van der Waals surface area contributed by atoms with Gasteiger partial charge < -0.3 is 5.32 Å². The van der Waals surface area contributed by atoms with Crippen LogP contribution in [0.15, 0.2) is 42.5 Å². The topological polar surface area (TPSA) is 59.8 Å². The number of hydrogen-bond acceptors (Lipinski definition) is 5. The first-order valence-electron chi connectivity index (χ1n) is 8.82. The summed E-state index contributed by atoms with van der Waals surface area (Å²) in [7, 11) is 0. The van der Waals surface area contributed by atoms with Gasteiger partial charge in [-0.05, 0) is 36.8 Å². The predicted molar refractivity (Wildman–Crippen MR) is 111 cm³/mol. The summed E-state index contributed by atoms with van der Waals surface area (Å²) in [6.45, 7) is 1.82. The van der Waals surface area contributed by atoms with Crippen LogP contribution < -0.4 is 5.32 Å². The average Bonchev–Trinajstić information content (AvgIpc) is 3.17. The fraction of sp³-hybridized carbons (Fsp3) is 0.150. The lowest BCUT2D eigenvalue weighted by molar-refractivity contribution is -0.113. The quantitative estimate of drug-likeness (QED) is 0.496. The first kappa shape index (κ1) is 18.3. The van der Waals surface area contributed by atoms with Crippen molar-refractivity contribution in [2.45, 2.75) is 12.2 Å². The minimum absolute atomic E-state index is 0.163. The molecule has 3 heterocycles. The van der Waals surface area contributed by atoms with Crippen LogP contribution >= 0.6 is 23.1 Å². The summed E-state index contributed by atoms with van der Waals surface area (Å²) < 4.78 is 30.3. The first-order chi connectivity index (χ1) is 14.0. The van der Waals surface area contributed by atoms with Crippen LogP contribution in [0, 0.1) is 18.6 Å². The van der Waals surface area contributed by atoms with E-state index in [0.29, 0.717) is 22.2 Å². The van der Waals surface area contributed by atoms with Gasteiger partial charge in [-0.15, -0.1) is 11.8 Å². The third-order valence-corrected chi connectivity index (χ3v) is 6.94. The second kappa shape index (κ2) is 6.93. The zero-order valence-corrected chi connectivity index (χ0v) is 16.8. The van der Waals surface area contributed by atoms with E-state index in [9.17, 15) is 13.6 Å². The number of anilines is 1. The van der Waals surface area contributed by atoms with E-state index in [2.05, 4.69) is 15.4 Å². The zero-order chi connectivity index (χ0) is 20.1. The number of halogens is 2. The third kappa shape index (κ3) is 3.20. The number of aromatic nitrogens is 3. The smallest absolute Gasteiger partial charge is 0.235 e. The molecule has 0 saturated carbocycles. The Bertz CT molecular complexity index is 1210. The normalized spacial score (nSPS) is 16.5. The molecule has 1 aliphatic heterocycles. The largest absolute Gasteiger partial charge is 0.310 e. The van der Waals surface area contributed by atoms with Crippen molar-refractivity contribution in [3.8, 4) is 5.13 Å². The van der Waals surface area contributed by atoms with Gasteiger partial charge in [-0.2, -0.15) is 9.78 Å². The number of rotatable bonds is 2. The van der Waals surface area contributed by atoms with Crippen molar-refractivity contribution in [2.75, 3.05) is 11.1 Å². The molecular formula is C20H14F2N4OS2. The molecule has 146 valence electrons. The van der Waals surface area contributed by atoms with Gasteiger partial charge in [0.05, 0.1) is 26.9 Å². The molecule has 5 rings (SSSR count). The lowest BCUT2D eigenvalue weighted by atomic mass is 10.0. The molecule has 4 aromatic rings. The van der Waals surface area contributed by atoms with E-state index in [4.69, 9.17) is 0 Å². The summed E-state index contributed by atoms with van der Waals surface area (Å²) in [6, 6.07) is 11.2. The number of thioether (sulfide) groups is 1. The summed E-state index contributed by atoms with van der Waals surface area (Å²) >= 11 is 2.78. The Labute approximate surface area is 172 Å². The number of fused-ring (bicyclic) bond motifs is 2. The number of amides is 1. The van der Waals surface area contributed by atoms with Crippen molar-refractivity contribution >= 4 is 45.0 Å². The molecule has 2 aromatic heterocycles. The number of nitrogens with zero attached hydrogens (tertiary/aromatic N) is 3. The van der Waals surface area contributed by atoms with Crippen molar-refractivity contribution in [1.29, 1.82) is 0 Å². The van der Waals surface area contributed by atoms with E-state index in [1.165, 1.54) is 35.2 Å². The molecule has 1 N–H and O–H groups in total. The molecule has 1 aliphatic rings. The molecule has 29 heavy (non-hydrogen) atoms. The van der Waals surface area contributed by atoms with Gasteiger partial charge in [0.25, 0.3) is 0 Å². The maximum Gasteiger partial charge on any atom is 0.235 e. The standard InChI is InChI=1S/C20H14F2N4OS2/c1-10-17-18(11-6-12(21)8-13(22)7-11)28-9-16(27)24-19(17)26(25-10)20-23-14-4-2-3-5-15(14)29-20/h2-8,18H,9H2,1H3,(H,24,27)/t18-/m1/s1. The van der Waals surface area contributed by atoms with Crippen LogP contribution in [0.4, 0.5) is 14.6 Å². The molecule has 5 nitrogen and oxygen atoms in total. The lowest BCUT2D eigenvalue weighted by Crippen LogP contribution is -2.15. The number of carbonyl (C=O) groups is 1. The van der Waals surface area contributed by atoms with Gasteiger partial charge in [0.1, 0.15) is 17.5 Å². The van der Waals surface area contributed by atoms with Crippen LogP contribution in [-0.2, 0) is 4.79 Å². The van der Waals surface area contributed by atoms with Gasteiger partial charge in [0.15, 0.2) is 0 Å². The van der Waals surface area contributed by atoms with Gasteiger partial charge >= 0.3 is 0 Å². The average molecular weight is 428 g/mol. The van der Waals surface area contributed by atoms with Crippen LogP contribution in [-0.4, -0.2) is 26.4 Å². The van der Waals surface area contributed by atoms with E-state index in [1.807, 2.05) is 31.2 Å². The highest BCUT2D eigenvalue weighted by molar-refractivity contribution is 8.00. The highest BCUT2D eigenvalue weighted by Crippen LogP contribution is 2.44. The van der Waals surface area contributed by atoms with E-state index in [0.717, 1.165) is 21.8 Å². The Kier molecular flexibility index (Phi) is 4.36. The zero-order valence-electron chi connectivity index (χ0n) is 15.1. The molecule has 0 unspecified atom stereocenters. The van der Waals surface area contributed by atoms with Crippen LogP contribution in [0.5, 0.6) is 0 Å². The molecule has 0 spiro atoms. The Morgan fingerprint density at radius 1 is 1.17 bits per heavy atom. The Morgan fingerprint density at radius 3 is 2.69 bits per heavy atom. The van der Waals surface area contributed by atoms with Crippen LogP contribution in [0.25, 0.3) is 15.3 Å². The van der Waals surface area contributed by atoms with Crippen molar-refractivity contribution in [2.24, 2.45) is 0 Å². The lowest BCUT2D eigenvalue weighted by Gasteiger charge is -2.15. The van der Waals surface area contributed by atoms with Crippen LogP contribution in [0.2, 0.25) is 0 Å². The molecule has 1 amide bonds. The number of carbonyl (C=O) groups excluding carboxylic acids is 1. The fourth-order valence-electron chi connectivity index (χ4n) is 3.46.